The van der Waals surface area contributed by atoms with Gasteiger partial charge in [0.2, 0.25) is 0 Å². The maximum absolute atomic E-state index is 10.8. The van der Waals surface area contributed by atoms with Crippen molar-refractivity contribution in [2.24, 2.45) is 0 Å². The Labute approximate surface area is 143 Å². The second-order valence-corrected chi connectivity index (χ2v) is 6.03. The van der Waals surface area contributed by atoms with Gasteiger partial charge in [-0.15, -0.1) is 0 Å². The number of non-ortho nitro benzene ring substituents is 2. The molecule has 0 unspecified atom stereocenters. The monoisotopic (exact) mass is 356 g/mol. The molecule has 10 nitrogen and oxygen atoms in total. The van der Waals surface area contributed by atoms with Crippen molar-refractivity contribution in [1.29, 1.82) is 0 Å². The summed E-state index contributed by atoms with van der Waals surface area (Å²) in [4.78, 5) is 29.1. The smallest absolute Gasteiger partial charge is 0.258 e. The average molecular weight is 356 g/mol. The Morgan fingerprint density at radius 1 is 0.800 bits per heavy atom. The summed E-state index contributed by atoms with van der Waals surface area (Å²) in [5, 5.41) is 21.7. The van der Waals surface area contributed by atoms with E-state index in [1.165, 1.54) is 36.4 Å². The van der Waals surface area contributed by atoms with Crippen molar-refractivity contribution in [2.45, 2.75) is 0 Å². The summed E-state index contributed by atoms with van der Waals surface area (Å²) in [6, 6.07) is 8.88. The van der Waals surface area contributed by atoms with Crippen LogP contribution in [0.15, 0.2) is 49.1 Å². The highest BCUT2D eigenvalue weighted by atomic mass is 32.2. The van der Waals surface area contributed by atoms with Gasteiger partial charge >= 0.3 is 0 Å². The van der Waals surface area contributed by atoms with Crippen LogP contribution in [0.1, 0.15) is 0 Å². The second-order valence-electron chi connectivity index (χ2n) is 5.08. The molecule has 0 saturated heterocycles. The number of hydrogen-bond donors (Lipinski definition) is 0. The Morgan fingerprint density at radius 3 is 1.64 bits per heavy atom. The van der Waals surface area contributed by atoms with E-state index in [0.717, 1.165) is 0 Å². The molecular formula is C14H8N6O4S. The molecule has 0 saturated carbocycles. The summed E-state index contributed by atoms with van der Waals surface area (Å²) in [7, 11) is 0. The molecule has 0 aliphatic carbocycles. The van der Waals surface area contributed by atoms with Gasteiger partial charge in [-0.2, -0.15) is 0 Å². The van der Waals surface area contributed by atoms with Crippen LogP contribution in [-0.2, 0) is 0 Å². The molecule has 0 spiro atoms. The predicted molar refractivity (Wildman–Crippen MR) is 91.2 cm³/mol. The zero-order chi connectivity index (χ0) is 17.6. The number of rotatable bonds is 4. The van der Waals surface area contributed by atoms with Crippen LogP contribution in [0.3, 0.4) is 0 Å². The first-order valence-corrected chi connectivity index (χ1v) is 7.68. The van der Waals surface area contributed by atoms with Crippen molar-refractivity contribution in [1.82, 2.24) is 17.9 Å². The van der Waals surface area contributed by atoms with E-state index >= 15 is 0 Å². The number of aromatic nitrogens is 4. The molecular weight excluding hydrogens is 348 g/mol. The molecule has 25 heavy (non-hydrogen) atoms. The topological polar surface area (TPSA) is 122 Å². The third kappa shape index (κ3) is 2.55. The lowest BCUT2D eigenvalue weighted by atomic mass is 10.3. The Morgan fingerprint density at radius 2 is 1.24 bits per heavy atom. The second kappa shape index (κ2) is 5.56. The van der Waals surface area contributed by atoms with Crippen molar-refractivity contribution in [3.05, 3.63) is 69.3 Å². The predicted octanol–water partition coefficient (Wildman–Crippen LogP) is 3.16. The molecule has 2 aromatic carbocycles. The van der Waals surface area contributed by atoms with Gasteiger partial charge in [0.1, 0.15) is 12.7 Å². The first-order valence-electron chi connectivity index (χ1n) is 6.95. The van der Waals surface area contributed by atoms with Crippen LogP contribution in [-0.4, -0.2) is 27.8 Å². The number of fused-ring (bicyclic) bond motifs is 2. The molecule has 4 aromatic rings. The zero-order valence-electron chi connectivity index (χ0n) is 12.3. The molecule has 0 amide bonds. The minimum atomic E-state index is -0.470. The first kappa shape index (κ1) is 15.1. The van der Waals surface area contributed by atoms with Crippen molar-refractivity contribution in [3.8, 4) is 0 Å². The fourth-order valence-corrected chi connectivity index (χ4v) is 3.26. The minimum Gasteiger partial charge on any atom is -0.258 e. The third-order valence-corrected chi connectivity index (χ3v) is 4.53. The van der Waals surface area contributed by atoms with E-state index in [9.17, 15) is 20.2 Å². The lowest BCUT2D eigenvalue weighted by Gasteiger charge is -2.04. The third-order valence-electron chi connectivity index (χ3n) is 3.59. The molecule has 0 fully saturated rings. The molecule has 124 valence electrons. The molecule has 2 aromatic heterocycles. The molecule has 0 aliphatic rings. The summed E-state index contributed by atoms with van der Waals surface area (Å²) in [5.41, 5.74) is 2.37. The molecule has 0 N–H and O–H groups in total. The van der Waals surface area contributed by atoms with Gasteiger partial charge in [-0.1, -0.05) is 0 Å². The van der Waals surface area contributed by atoms with Crippen LogP contribution in [0.2, 0.25) is 0 Å². The summed E-state index contributed by atoms with van der Waals surface area (Å²) in [6.07, 6.45) is 3.10. The Bertz CT molecular complexity index is 1060. The lowest BCUT2D eigenvalue weighted by molar-refractivity contribution is -0.384. The van der Waals surface area contributed by atoms with E-state index in [-0.39, 0.29) is 11.4 Å². The van der Waals surface area contributed by atoms with Gasteiger partial charge in [-0.3, -0.25) is 28.2 Å². The minimum absolute atomic E-state index is 0.0249. The molecule has 0 aliphatic heterocycles. The number of nitrogens with zero attached hydrogens (tertiary/aromatic N) is 6. The van der Waals surface area contributed by atoms with Crippen molar-refractivity contribution >= 4 is 45.6 Å². The fraction of sp³-hybridized carbons (Fsp3) is 0. The summed E-state index contributed by atoms with van der Waals surface area (Å²) >= 11 is 1.26. The first-order chi connectivity index (χ1) is 12.0. The molecule has 0 atom stereocenters. The maximum atomic E-state index is 10.8. The van der Waals surface area contributed by atoms with Crippen molar-refractivity contribution in [3.63, 3.8) is 0 Å². The van der Waals surface area contributed by atoms with E-state index in [0.29, 0.717) is 22.1 Å². The normalized spacial score (nSPS) is 11.2. The maximum Gasteiger partial charge on any atom is 0.271 e. The fourth-order valence-electron chi connectivity index (χ4n) is 2.41. The van der Waals surface area contributed by atoms with E-state index < -0.39 is 9.85 Å². The zero-order valence-corrected chi connectivity index (χ0v) is 13.2. The summed E-state index contributed by atoms with van der Waals surface area (Å²) in [5.74, 6) is 0. The Balaban J connectivity index is 1.73. The molecule has 4 rings (SSSR count). The van der Waals surface area contributed by atoms with E-state index in [4.69, 9.17) is 0 Å². The molecule has 2 heterocycles. The molecule has 0 bridgehead atoms. The lowest BCUT2D eigenvalue weighted by Crippen LogP contribution is -1.93. The van der Waals surface area contributed by atoms with Crippen molar-refractivity contribution in [2.75, 3.05) is 0 Å². The highest BCUT2D eigenvalue weighted by Crippen LogP contribution is 2.27. The van der Waals surface area contributed by atoms with Crippen LogP contribution in [0.5, 0.6) is 0 Å². The number of nitro groups is 2. The van der Waals surface area contributed by atoms with Crippen LogP contribution < -0.4 is 0 Å². The highest BCUT2D eigenvalue weighted by molar-refractivity contribution is 7.96. The number of benzene rings is 2. The SMILES string of the molecule is O=[N+]([O-])c1ccc2c(c1)ncn2Sn1cnc2cc([N+](=O)[O-])ccc21. The Hall–Kier alpha value is -3.47. The van der Waals surface area contributed by atoms with E-state index in [2.05, 4.69) is 9.97 Å². The van der Waals surface area contributed by atoms with Crippen LogP contribution >= 0.6 is 12.1 Å². The van der Waals surface area contributed by atoms with Gasteiger partial charge in [-0.25, -0.2) is 9.97 Å². The molecule has 0 radical (unpaired) electrons. The van der Waals surface area contributed by atoms with Gasteiger partial charge in [0.25, 0.3) is 11.4 Å². The quantitative estimate of drug-likeness (QED) is 0.406. The van der Waals surface area contributed by atoms with E-state index in [1.54, 1.807) is 32.7 Å². The van der Waals surface area contributed by atoms with Crippen LogP contribution in [0.25, 0.3) is 22.1 Å². The largest absolute Gasteiger partial charge is 0.271 e. The van der Waals surface area contributed by atoms with Crippen LogP contribution in [0, 0.1) is 20.2 Å². The highest BCUT2D eigenvalue weighted by Gasteiger charge is 2.13. The van der Waals surface area contributed by atoms with E-state index in [1.807, 2.05) is 0 Å². The standard InChI is InChI=1S/C14H8N6O4S/c21-19(22)9-1-3-13-11(5-9)15-7-17(13)25-18-8-16-12-6-10(20(23)24)2-4-14(12)18/h1-8H. The van der Waals surface area contributed by atoms with Gasteiger partial charge < -0.3 is 0 Å². The average Bonchev–Trinajstić information content (AvgIpc) is 3.18. The van der Waals surface area contributed by atoms with Gasteiger partial charge in [0, 0.05) is 24.3 Å². The Kier molecular flexibility index (Phi) is 3.35. The number of hydrogen-bond acceptors (Lipinski definition) is 7. The van der Waals surface area contributed by atoms with Crippen molar-refractivity contribution < 1.29 is 9.85 Å². The van der Waals surface area contributed by atoms with Gasteiger partial charge in [-0.05, 0) is 12.1 Å². The summed E-state index contributed by atoms with van der Waals surface area (Å²) in [6.45, 7) is 0. The number of imidazole rings is 2. The molecule has 11 heteroatoms. The van der Waals surface area contributed by atoms with Gasteiger partial charge in [0.05, 0.1) is 44.0 Å². The number of nitro benzene ring substituents is 2. The van der Waals surface area contributed by atoms with Gasteiger partial charge in [0.15, 0.2) is 0 Å². The van der Waals surface area contributed by atoms with Crippen LogP contribution in [0.4, 0.5) is 11.4 Å². The summed E-state index contributed by atoms with van der Waals surface area (Å²) < 4.78 is 3.48.